The Balaban J connectivity index is 2.49. The predicted molar refractivity (Wildman–Crippen MR) is 54.7 cm³/mol. The van der Waals surface area contributed by atoms with Crippen molar-refractivity contribution in [2.24, 2.45) is 0 Å². The number of aromatic nitrogens is 3. The number of hydrogen-bond acceptors (Lipinski definition) is 3. The van der Waals surface area contributed by atoms with E-state index in [1.54, 1.807) is 6.20 Å². The standard InChI is InChI=1S/C11H11N3/c1-8-4-3-5-10(13-8)11-12-7-6-9(2)14-11/h3-7H,1-2H3. The first-order chi connectivity index (χ1) is 6.75. The number of rotatable bonds is 1. The molecule has 0 atom stereocenters. The quantitative estimate of drug-likeness (QED) is 0.683. The second kappa shape index (κ2) is 3.54. The zero-order valence-corrected chi connectivity index (χ0v) is 8.23. The van der Waals surface area contributed by atoms with Crippen LogP contribution in [0.2, 0.25) is 0 Å². The minimum Gasteiger partial charge on any atom is -0.250 e. The molecule has 0 aromatic carbocycles. The Hall–Kier alpha value is -1.77. The molecule has 0 aliphatic rings. The molecule has 0 aliphatic carbocycles. The van der Waals surface area contributed by atoms with Crippen molar-refractivity contribution in [3.8, 4) is 11.5 Å². The summed E-state index contributed by atoms with van der Waals surface area (Å²) in [6.07, 6.45) is 1.75. The lowest BCUT2D eigenvalue weighted by Crippen LogP contribution is -1.93. The van der Waals surface area contributed by atoms with Gasteiger partial charge in [0.1, 0.15) is 5.69 Å². The first-order valence-corrected chi connectivity index (χ1v) is 4.49. The maximum absolute atomic E-state index is 4.36. The minimum absolute atomic E-state index is 0.689. The van der Waals surface area contributed by atoms with Gasteiger partial charge in [0, 0.05) is 17.6 Å². The molecule has 0 unspecified atom stereocenters. The molecule has 2 rings (SSSR count). The minimum atomic E-state index is 0.689. The second-order valence-electron chi connectivity index (χ2n) is 3.19. The van der Waals surface area contributed by atoms with Crippen LogP contribution in [0.25, 0.3) is 11.5 Å². The van der Waals surface area contributed by atoms with Gasteiger partial charge in [-0.2, -0.15) is 0 Å². The molecule has 3 heteroatoms. The fourth-order valence-corrected chi connectivity index (χ4v) is 1.24. The number of pyridine rings is 1. The summed E-state index contributed by atoms with van der Waals surface area (Å²) in [7, 11) is 0. The Morgan fingerprint density at radius 2 is 1.71 bits per heavy atom. The number of nitrogens with zero attached hydrogens (tertiary/aromatic N) is 3. The second-order valence-corrected chi connectivity index (χ2v) is 3.19. The zero-order chi connectivity index (χ0) is 9.97. The van der Waals surface area contributed by atoms with Crippen molar-refractivity contribution in [2.45, 2.75) is 13.8 Å². The molecular formula is C11H11N3. The van der Waals surface area contributed by atoms with Gasteiger partial charge in [-0.1, -0.05) is 6.07 Å². The zero-order valence-electron chi connectivity index (χ0n) is 8.23. The number of hydrogen-bond donors (Lipinski definition) is 0. The van der Waals surface area contributed by atoms with Crippen LogP contribution in [0, 0.1) is 13.8 Å². The molecule has 0 saturated heterocycles. The monoisotopic (exact) mass is 185 g/mol. The van der Waals surface area contributed by atoms with Gasteiger partial charge in [-0.05, 0) is 32.0 Å². The highest BCUT2D eigenvalue weighted by Gasteiger charge is 2.01. The average Bonchev–Trinajstić information content (AvgIpc) is 2.18. The van der Waals surface area contributed by atoms with E-state index in [1.165, 1.54) is 0 Å². The fraction of sp³-hybridized carbons (Fsp3) is 0.182. The van der Waals surface area contributed by atoms with Gasteiger partial charge >= 0.3 is 0 Å². The van der Waals surface area contributed by atoms with Crippen molar-refractivity contribution < 1.29 is 0 Å². The van der Waals surface area contributed by atoms with E-state index in [0.29, 0.717) is 5.82 Å². The summed E-state index contributed by atoms with van der Waals surface area (Å²) in [4.78, 5) is 12.8. The molecule has 0 aliphatic heterocycles. The van der Waals surface area contributed by atoms with Gasteiger partial charge in [0.05, 0.1) is 0 Å². The van der Waals surface area contributed by atoms with Crippen molar-refractivity contribution in [1.29, 1.82) is 0 Å². The van der Waals surface area contributed by atoms with Crippen LogP contribution >= 0.6 is 0 Å². The highest BCUT2D eigenvalue weighted by molar-refractivity contribution is 5.48. The summed E-state index contributed by atoms with van der Waals surface area (Å²) in [5.74, 6) is 0.689. The van der Waals surface area contributed by atoms with Crippen LogP contribution in [-0.2, 0) is 0 Å². The van der Waals surface area contributed by atoms with E-state index in [2.05, 4.69) is 15.0 Å². The van der Waals surface area contributed by atoms with Gasteiger partial charge in [-0.3, -0.25) is 0 Å². The SMILES string of the molecule is Cc1cccc(-c2nccc(C)n2)n1. The molecule has 2 heterocycles. The molecule has 0 amide bonds. The highest BCUT2D eigenvalue weighted by Crippen LogP contribution is 2.11. The molecule has 70 valence electrons. The topological polar surface area (TPSA) is 38.7 Å². The summed E-state index contributed by atoms with van der Waals surface area (Å²) >= 11 is 0. The van der Waals surface area contributed by atoms with Crippen LogP contribution in [0.3, 0.4) is 0 Å². The lowest BCUT2D eigenvalue weighted by molar-refractivity contribution is 1.08. The van der Waals surface area contributed by atoms with E-state index in [-0.39, 0.29) is 0 Å². The van der Waals surface area contributed by atoms with Gasteiger partial charge in [-0.15, -0.1) is 0 Å². The van der Waals surface area contributed by atoms with Crippen LogP contribution in [0.1, 0.15) is 11.4 Å². The molecule has 2 aromatic rings. The molecule has 0 spiro atoms. The normalized spacial score (nSPS) is 10.1. The van der Waals surface area contributed by atoms with Gasteiger partial charge in [0.15, 0.2) is 5.82 Å². The molecule has 3 nitrogen and oxygen atoms in total. The molecule has 14 heavy (non-hydrogen) atoms. The third-order valence-corrected chi connectivity index (χ3v) is 1.91. The van der Waals surface area contributed by atoms with E-state index < -0.39 is 0 Å². The fourth-order valence-electron chi connectivity index (χ4n) is 1.24. The molecular weight excluding hydrogens is 174 g/mol. The molecule has 0 radical (unpaired) electrons. The van der Waals surface area contributed by atoms with Crippen molar-refractivity contribution in [3.05, 3.63) is 41.9 Å². The Morgan fingerprint density at radius 1 is 0.929 bits per heavy atom. The lowest BCUT2D eigenvalue weighted by atomic mass is 10.3. The third kappa shape index (κ3) is 1.76. The van der Waals surface area contributed by atoms with Crippen LogP contribution in [-0.4, -0.2) is 15.0 Å². The molecule has 0 N–H and O–H groups in total. The molecule has 2 aromatic heterocycles. The van der Waals surface area contributed by atoms with Crippen molar-refractivity contribution in [3.63, 3.8) is 0 Å². The van der Waals surface area contributed by atoms with Crippen LogP contribution < -0.4 is 0 Å². The molecule has 0 saturated carbocycles. The van der Waals surface area contributed by atoms with E-state index in [1.807, 2.05) is 38.1 Å². The maximum atomic E-state index is 4.36. The van der Waals surface area contributed by atoms with E-state index in [9.17, 15) is 0 Å². The first-order valence-electron chi connectivity index (χ1n) is 4.49. The smallest absolute Gasteiger partial charge is 0.178 e. The van der Waals surface area contributed by atoms with E-state index in [4.69, 9.17) is 0 Å². The Morgan fingerprint density at radius 3 is 2.43 bits per heavy atom. The van der Waals surface area contributed by atoms with Crippen molar-refractivity contribution in [1.82, 2.24) is 15.0 Å². The summed E-state index contributed by atoms with van der Waals surface area (Å²) < 4.78 is 0. The van der Waals surface area contributed by atoms with Crippen molar-refractivity contribution >= 4 is 0 Å². The first kappa shape index (κ1) is 8.81. The van der Waals surface area contributed by atoms with E-state index >= 15 is 0 Å². The largest absolute Gasteiger partial charge is 0.250 e. The summed E-state index contributed by atoms with van der Waals surface area (Å²) in [6.45, 7) is 3.90. The lowest BCUT2D eigenvalue weighted by Gasteiger charge is -2.00. The predicted octanol–water partition coefficient (Wildman–Crippen LogP) is 2.16. The summed E-state index contributed by atoms with van der Waals surface area (Å²) in [5.41, 5.74) is 2.76. The van der Waals surface area contributed by atoms with Crippen molar-refractivity contribution in [2.75, 3.05) is 0 Å². The molecule has 0 bridgehead atoms. The average molecular weight is 185 g/mol. The third-order valence-electron chi connectivity index (χ3n) is 1.91. The Labute approximate surface area is 82.9 Å². The van der Waals surface area contributed by atoms with Gasteiger partial charge < -0.3 is 0 Å². The Kier molecular flexibility index (Phi) is 2.23. The van der Waals surface area contributed by atoms with Gasteiger partial charge in [-0.25, -0.2) is 15.0 Å². The van der Waals surface area contributed by atoms with Crippen LogP contribution in [0.15, 0.2) is 30.5 Å². The summed E-state index contributed by atoms with van der Waals surface area (Å²) in [6, 6.07) is 7.71. The summed E-state index contributed by atoms with van der Waals surface area (Å²) in [5, 5.41) is 0. The number of aryl methyl sites for hydroxylation is 2. The van der Waals surface area contributed by atoms with Gasteiger partial charge in [0.25, 0.3) is 0 Å². The molecule has 0 fully saturated rings. The van der Waals surface area contributed by atoms with Crippen LogP contribution in [0.4, 0.5) is 0 Å². The van der Waals surface area contributed by atoms with Gasteiger partial charge in [0.2, 0.25) is 0 Å². The maximum Gasteiger partial charge on any atom is 0.178 e. The van der Waals surface area contributed by atoms with E-state index in [0.717, 1.165) is 17.1 Å². The Bertz CT molecular complexity index is 408. The highest BCUT2D eigenvalue weighted by atomic mass is 14.9. The van der Waals surface area contributed by atoms with Crippen LogP contribution in [0.5, 0.6) is 0 Å².